The minimum Gasteiger partial charge on any atom is -0.482 e. The number of benzene rings is 2. The van der Waals surface area contributed by atoms with Gasteiger partial charge >= 0.3 is 5.97 Å². The van der Waals surface area contributed by atoms with Gasteiger partial charge in [-0.15, -0.1) is 0 Å². The molecule has 1 amide bonds. The van der Waals surface area contributed by atoms with Gasteiger partial charge in [-0.1, -0.05) is 36.4 Å². The maximum absolute atomic E-state index is 12.9. The second kappa shape index (κ2) is 9.47. The van der Waals surface area contributed by atoms with Gasteiger partial charge in [0.05, 0.1) is 25.9 Å². The van der Waals surface area contributed by atoms with E-state index < -0.39 is 5.97 Å². The van der Waals surface area contributed by atoms with Gasteiger partial charge in [-0.2, -0.15) is 5.10 Å². The lowest BCUT2D eigenvalue weighted by Gasteiger charge is -2.24. The first-order chi connectivity index (χ1) is 15.1. The van der Waals surface area contributed by atoms with Crippen molar-refractivity contribution in [3.63, 3.8) is 0 Å². The number of hydrogen-bond acceptors (Lipinski definition) is 5. The molecule has 2 aromatic carbocycles. The van der Waals surface area contributed by atoms with E-state index >= 15 is 0 Å². The van der Waals surface area contributed by atoms with E-state index in [4.69, 9.17) is 4.74 Å². The maximum atomic E-state index is 12.9. The van der Waals surface area contributed by atoms with Gasteiger partial charge in [0.15, 0.2) is 6.61 Å². The van der Waals surface area contributed by atoms with Gasteiger partial charge in [0.25, 0.3) is 5.91 Å². The third-order valence-corrected chi connectivity index (χ3v) is 5.42. The van der Waals surface area contributed by atoms with Gasteiger partial charge in [-0.05, 0) is 43.0 Å². The van der Waals surface area contributed by atoms with Gasteiger partial charge in [-0.25, -0.2) is 4.79 Å². The monoisotopic (exact) mass is 419 g/mol. The highest BCUT2D eigenvalue weighted by Gasteiger charge is 2.26. The molecule has 1 N–H and O–H groups in total. The predicted octanol–water partition coefficient (Wildman–Crippen LogP) is 3.29. The molecular weight excluding hydrogens is 394 g/mol. The summed E-state index contributed by atoms with van der Waals surface area (Å²) in [5.74, 6) is -0.215. The minimum absolute atomic E-state index is 0.0829. The van der Waals surface area contributed by atoms with Crippen LogP contribution in [0.25, 0.3) is 0 Å². The molecule has 0 spiro atoms. The summed E-state index contributed by atoms with van der Waals surface area (Å²) in [6.45, 7) is 0.518. The van der Waals surface area contributed by atoms with Crippen molar-refractivity contribution in [1.29, 1.82) is 0 Å². The Hall–Kier alpha value is -3.61. The SMILES string of the molecule is COC(=O)COc1cccc(C(=O)NC2CCCc3c2cnn3Cc2ccccc2)c1. The first-order valence-electron chi connectivity index (χ1n) is 10.3. The predicted molar refractivity (Wildman–Crippen MR) is 115 cm³/mol. The van der Waals surface area contributed by atoms with Crippen LogP contribution in [-0.4, -0.2) is 35.4 Å². The number of nitrogens with one attached hydrogen (secondary N) is 1. The zero-order chi connectivity index (χ0) is 21.6. The number of fused-ring (bicyclic) bond motifs is 1. The summed E-state index contributed by atoms with van der Waals surface area (Å²) in [6, 6.07) is 16.9. The molecule has 0 saturated carbocycles. The highest BCUT2D eigenvalue weighted by molar-refractivity contribution is 5.94. The van der Waals surface area contributed by atoms with E-state index in [0.29, 0.717) is 11.3 Å². The van der Waals surface area contributed by atoms with Crippen molar-refractivity contribution in [1.82, 2.24) is 15.1 Å². The average molecular weight is 419 g/mol. The molecule has 7 nitrogen and oxygen atoms in total. The van der Waals surface area contributed by atoms with Crippen LogP contribution >= 0.6 is 0 Å². The van der Waals surface area contributed by atoms with Gasteiger partial charge in [0, 0.05) is 16.8 Å². The Kier molecular flexibility index (Phi) is 6.31. The number of methoxy groups -OCH3 is 1. The molecule has 31 heavy (non-hydrogen) atoms. The molecular formula is C24H25N3O4. The molecule has 1 heterocycles. The Morgan fingerprint density at radius 3 is 2.81 bits per heavy atom. The van der Waals surface area contributed by atoms with E-state index in [2.05, 4.69) is 27.3 Å². The molecule has 0 saturated heterocycles. The van der Waals surface area contributed by atoms with Gasteiger partial charge in [0.2, 0.25) is 0 Å². The molecule has 4 rings (SSSR count). The number of carbonyl (C=O) groups excluding carboxylic acids is 2. The summed E-state index contributed by atoms with van der Waals surface area (Å²) >= 11 is 0. The summed E-state index contributed by atoms with van der Waals surface area (Å²) in [6.07, 6.45) is 4.68. The lowest BCUT2D eigenvalue weighted by Crippen LogP contribution is -2.31. The Balaban J connectivity index is 1.45. The largest absolute Gasteiger partial charge is 0.482 e. The molecule has 0 radical (unpaired) electrons. The lowest BCUT2D eigenvalue weighted by atomic mass is 9.92. The summed E-state index contributed by atoms with van der Waals surface area (Å²) in [7, 11) is 1.30. The van der Waals surface area contributed by atoms with Gasteiger partial charge in [-0.3, -0.25) is 9.48 Å². The third-order valence-electron chi connectivity index (χ3n) is 5.42. The molecule has 1 aliphatic rings. The minimum atomic E-state index is -0.475. The van der Waals surface area contributed by atoms with Gasteiger partial charge < -0.3 is 14.8 Å². The fourth-order valence-electron chi connectivity index (χ4n) is 3.83. The van der Waals surface area contributed by atoms with Crippen molar-refractivity contribution in [3.8, 4) is 5.75 Å². The van der Waals surface area contributed by atoms with E-state index in [1.165, 1.54) is 18.4 Å². The van der Waals surface area contributed by atoms with E-state index in [1.54, 1.807) is 24.3 Å². The van der Waals surface area contributed by atoms with Crippen LogP contribution in [0.1, 0.15) is 46.1 Å². The van der Waals surface area contributed by atoms with E-state index in [0.717, 1.165) is 31.4 Å². The lowest BCUT2D eigenvalue weighted by molar-refractivity contribution is -0.142. The highest BCUT2D eigenvalue weighted by atomic mass is 16.6. The van der Waals surface area contributed by atoms with Crippen molar-refractivity contribution in [2.24, 2.45) is 0 Å². The zero-order valence-electron chi connectivity index (χ0n) is 17.4. The van der Waals surface area contributed by atoms with Crippen LogP contribution in [0.5, 0.6) is 5.75 Å². The first kappa shape index (κ1) is 20.7. The fourth-order valence-corrected chi connectivity index (χ4v) is 3.83. The number of carbonyl (C=O) groups is 2. The van der Waals surface area contributed by atoms with Gasteiger partial charge in [0.1, 0.15) is 5.75 Å². The van der Waals surface area contributed by atoms with Crippen LogP contribution in [0.3, 0.4) is 0 Å². The molecule has 160 valence electrons. The molecule has 7 heteroatoms. The number of rotatable bonds is 7. The van der Waals surface area contributed by atoms with Crippen molar-refractivity contribution in [2.45, 2.75) is 31.8 Å². The average Bonchev–Trinajstić information content (AvgIpc) is 3.22. The Labute approximate surface area is 181 Å². The maximum Gasteiger partial charge on any atom is 0.343 e. The van der Waals surface area contributed by atoms with Crippen molar-refractivity contribution in [3.05, 3.63) is 83.2 Å². The second-order valence-electron chi connectivity index (χ2n) is 7.50. The molecule has 1 atom stereocenters. The van der Waals surface area contributed by atoms with E-state index in [9.17, 15) is 9.59 Å². The zero-order valence-corrected chi connectivity index (χ0v) is 17.4. The second-order valence-corrected chi connectivity index (χ2v) is 7.50. The summed E-state index contributed by atoms with van der Waals surface area (Å²) in [4.78, 5) is 24.1. The molecule has 1 unspecified atom stereocenters. The van der Waals surface area contributed by atoms with Crippen LogP contribution in [-0.2, 0) is 22.5 Å². The van der Waals surface area contributed by atoms with Crippen molar-refractivity contribution < 1.29 is 19.1 Å². The molecule has 1 aromatic heterocycles. The summed E-state index contributed by atoms with van der Waals surface area (Å²) in [5, 5.41) is 7.72. The normalized spacial score (nSPS) is 15.1. The first-order valence-corrected chi connectivity index (χ1v) is 10.3. The van der Waals surface area contributed by atoms with E-state index in [-0.39, 0.29) is 18.6 Å². The topological polar surface area (TPSA) is 82.4 Å². The molecule has 3 aromatic rings. The Morgan fingerprint density at radius 2 is 2.00 bits per heavy atom. The third kappa shape index (κ3) is 4.94. The van der Waals surface area contributed by atoms with E-state index in [1.807, 2.05) is 29.1 Å². The number of ether oxygens (including phenoxy) is 2. The Morgan fingerprint density at radius 1 is 1.16 bits per heavy atom. The number of hydrogen-bond donors (Lipinski definition) is 1. The summed E-state index contributed by atoms with van der Waals surface area (Å²) in [5.41, 5.74) is 3.93. The quantitative estimate of drug-likeness (QED) is 0.594. The molecule has 0 fully saturated rings. The number of aromatic nitrogens is 2. The van der Waals surface area contributed by atoms with Crippen LogP contribution in [0.4, 0.5) is 0 Å². The van der Waals surface area contributed by atoms with Crippen LogP contribution in [0.2, 0.25) is 0 Å². The smallest absolute Gasteiger partial charge is 0.343 e. The highest BCUT2D eigenvalue weighted by Crippen LogP contribution is 2.30. The number of esters is 1. The molecule has 0 bridgehead atoms. The van der Waals surface area contributed by atoms with Crippen LogP contribution in [0.15, 0.2) is 60.8 Å². The standard InChI is InChI=1S/C24H25N3O4/c1-30-23(28)16-31-19-10-5-9-18(13-19)24(29)26-21-11-6-12-22-20(21)14-25-27(22)15-17-7-3-2-4-8-17/h2-5,7-10,13-14,21H,6,11-12,15-16H2,1H3,(H,26,29). The fraction of sp³-hybridized carbons (Fsp3) is 0.292. The number of amides is 1. The Bertz CT molecular complexity index is 1060. The van der Waals surface area contributed by atoms with Crippen LogP contribution in [0, 0.1) is 0 Å². The summed E-state index contributed by atoms with van der Waals surface area (Å²) < 4.78 is 12.0. The molecule has 1 aliphatic carbocycles. The van der Waals surface area contributed by atoms with Crippen molar-refractivity contribution >= 4 is 11.9 Å². The van der Waals surface area contributed by atoms with Crippen molar-refractivity contribution in [2.75, 3.05) is 13.7 Å². The number of nitrogens with zero attached hydrogens (tertiary/aromatic N) is 2. The molecule has 0 aliphatic heterocycles. The van der Waals surface area contributed by atoms with Crippen LogP contribution < -0.4 is 10.1 Å².